The molecule has 0 aliphatic rings. The van der Waals surface area contributed by atoms with Crippen LogP contribution in [0.4, 0.5) is 0 Å². The molecule has 5 nitrogen and oxygen atoms in total. The molecular weight excluding hydrogens is 237 g/mol. The van der Waals surface area contributed by atoms with Gasteiger partial charge in [-0.1, -0.05) is 19.8 Å². The fourth-order valence-electron chi connectivity index (χ4n) is 1.00. The first-order chi connectivity index (χ1) is 7.07. The molecule has 0 saturated carbocycles. The van der Waals surface area contributed by atoms with Crippen molar-refractivity contribution in [2.75, 3.05) is 6.61 Å². The summed E-state index contributed by atoms with van der Waals surface area (Å²) in [6, 6.07) is -1.09. The van der Waals surface area contributed by atoms with Crippen LogP contribution in [0.2, 0.25) is 0 Å². The third kappa shape index (κ3) is 11.0. The van der Waals surface area contributed by atoms with E-state index in [0.717, 1.165) is 19.3 Å². The van der Waals surface area contributed by atoms with Crippen molar-refractivity contribution in [3.05, 3.63) is 0 Å². The topological polar surface area (TPSA) is 92.5 Å². The average molecular weight is 255 g/mol. The van der Waals surface area contributed by atoms with Crippen LogP contribution in [0.1, 0.15) is 39.0 Å². The largest absolute Gasteiger partial charge is 1.00 e. The van der Waals surface area contributed by atoms with E-state index in [2.05, 4.69) is 6.92 Å². The minimum Gasteiger partial charge on any atom is -0.548 e. The van der Waals surface area contributed by atoms with Crippen LogP contribution in [-0.4, -0.2) is 24.6 Å². The molecule has 0 amide bonds. The van der Waals surface area contributed by atoms with Crippen molar-refractivity contribution < 1.29 is 70.8 Å². The van der Waals surface area contributed by atoms with Gasteiger partial charge in [-0.2, -0.15) is 0 Å². The summed E-state index contributed by atoms with van der Waals surface area (Å²) >= 11 is 0. The number of carboxylic acid groups (broad SMARTS) is 1. The Morgan fingerprint density at radius 2 is 2.00 bits per heavy atom. The van der Waals surface area contributed by atoms with Gasteiger partial charge in [0.1, 0.15) is 0 Å². The van der Waals surface area contributed by atoms with Crippen molar-refractivity contribution >= 4 is 11.9 Å². The molecule has 16 heavy (non-hydrogen) atoms. The van der Waals surface area contributed by atoms with E-state index in [1.165, 1.54) is 0 Å². The van der Waals surface area contributed by atoms with Crippen molar-refractivity contribution in [1.29, 1.82) is 0 Å². The summed E-state index contributed by atoms with van der Waals surface area (Å²) in [6.07, 6.45) is 3.02. The second kappa shape index (κ2) is 12.0. The maximum atomic E-state index is 11.0. The normalized spacial score (nSPS) is 11.4. The summed E-state index contributed by atoms with van der Waals surface area (Å²) < 4.78 is 4.87. The first-order valence-corrected chi connectivity index (χ1v) is 5.20. The van der Waals surface area contributed by atoms with Gasteiger partial charge in [-0.05, 0) is 12.8 Å². The summed E-state index contributed by atoms with van der Waals surface area (Å²) in [5.41, 5.74) is 5.17. The van der Waals surface area contributed by atoms with Gasteiger partial charge in [0, 0.05) is 12.5 Å². The molecule has 0 aromatic rings. The van der Waals surface area contributed by atoms with E-state index in [-0.39, 0.29) is 64.2 Å². The third-order valence-electron chi connectivity index (χ3n) is 1.97. The number of carboxylic acids is 1. The Morgan fingerprint density at radius 3 is 2.50 bits per heavy atom. The van der Waals surface area contributed by atoms with Gasteiger partial charge in [0.05, 0.1) is 12.6 Å². The van der Waals surface area contributed by atoms with Gasteiger partial charge in [-0.3, -0.25) is 4.79 Å². The molecule has 0 fully saturated rings. The number of rotatable bonds is 8. The minimum atomic E-state index is -1.34. The van der Waals surface area contributed by atoms with Crippen molar-refractivity contribution in [1.82, 2.24) is 0 Å². The van der Waals surface area contributed by atoms with Gasteiger partial charge < -0.3 is 20.4 Å². The van der Waals surface area contributed by atoms with Gasteiger partial charge >= 0.3 is 57.4 Å². The molecule has 0 aromatic carbocycles. The van der Waals surface area contributed by atoms with E-state index in [4.69, 9.17) is 10.5 Å². The summed E-state index contributed by atoms with van der Waals surface area (Å²) in [6.45, 7) is 2.45. The van der Waals surface area contributed by atoms with Crippen LogP contribution in [0.15, 0.2) is 0 Å². The fraction of sp³-hybridized carbons (Fsp3) is 0.800. The van der Waals surface area contributed by atoms with Gasteiger partial charge in [-0.25, -0.2) is 0 Å². The monoisotopic (exact) mass is 255 g/mol. The summed E-state index contributed by atoms with van der Waals surface area (Å²) in [5.74, 6) is -1.74. The van der Waals surface area contributed by atoms with Crippen LogP contribution in [-0.2, 0) is 14.3 Å². The van der Waals surface area contributed by atoms with E-state index < -0.39 is 18.0 Å². The second-order valence-corrected chi connectivity index (χ2v) is 3.39. The van der Waals surface area contributed by atoms with Crippen LogP contribution in [0.5, 0.6) is 0 Å². The number of esters is 1. The Bertz CT molecular complexity index is 211. The Morgan fingerprint density at radius 1 is 1.38 bits per heavy atom. The van der Waals surface area contributed by atoms with E-state index in [1.807, 2.05) is 0 Å². The molecule has 2 N–H and O–H groups in total. The Balaban J connectivity index is 0. The number of unbranched alkanes of at least 4 members (excludes halogenated alkanes) is 2. The molecule has 6 heteroatoms. The number of ether oxygens (including phenoxy) is 1. The molecule has 0 spiro atoms. The van der Waals surface area contributed by atoms with Crippen LogP contribution in [0.3, 0.4) is 0 Å². The number of hydrogen-bond acceptors (Lipinski definition) is 5. The summed E-state index contributed by atoms with van der Waals surface area (Å²) in [7, 11) is 0. The predicted molar refractivity (Wildman–Crippen MR) is 52.7 cm³/mol. The number of hydrogen-bond donors (Lipinski definition) is 1. The van der Waals surface area contributed by atoms with Crippen molar-refractivity contribution in [3.8, 4) is 0 Å². The van der Waals surface area contributed by atoms with Crippen molar-refractivity contribution in [2.45, 2.75) is 45.1 Å². The first kappa shape index (κ1) is 18.9. The molecular formula is C10H18KNO4. The van der Waals surface area contributed by atoms with Gasteiger partial charge in [0.25, 0.3) is 0 Å². The molecule has 88 valence electrons. The van der Waals surface area contributed by atoms with E-state index in [1.54, 1.807) is 0 Å². The number of carbonyl (C=O) groups excluding carboxylic acids is 2. The zero-order valence-electron chi connectivity index (χ0n) is 10.0. The maximum absolute atomic E-state index is 11.0. The van der Waals surface area contributed by atoms with Crippen LogP contribution in [0, 0.1) is 0 Å². The molecule has 0 aliphatic heterocycles. The summed E-state index contributed by atoms with van der Waals surface area (Å²) in [4.78, 5) is 21.3. The second-order valence-electron chi connectivity index (χ2n) is 3.39. The van der Waals surface area contributed by atoms with Crippen molar-refractivity contribution in [2.24, 2.45) is 5.73 Å². The Hall–Kier alpha value is 0.536. The van der Waals surface area contributed by atoms with Crippen LogP contribution in [0.25, 0.3) is 0 Å². The predicted octanol–water partition coefficient (Wildman–Crippen LogP) is -3.42. The van der Waals surface area contributed by atoms with Crippen LogP contribution >= 0.6 is 0 Å². The molecule has 0 saturated heterocycles. The first-order valence-electron chi connectivity index (χ1n) is 5.20. The SMILES string of the molecule is CCCCCOC(=O)CC[C@H](N)C(=O)[O-].[K+]. The minimum absolute atomic E-state index is 0. The average Bonchev–Trinajstić information content (AvgIpc) is 2.20. The Kier molecular flexibility index (Phi) is 14.2. The van der Waals surface area contributed by atoms with Crippen molar-refractivity contribution in [3.63, 3.8) is 0 Å². The quantitative estimate of drug-likeness (QED) is 0.277. The van der Waals surface area contributed by atoms with E-state index in [0.29, 0.717) is 6.61 Å². The molecule has 0 radical (unpaired) electrons. The zero-order valence-corrected chi connectivity index (χ0v) is 13.2. The number of nitrogens with two attached hydrogens (primary N) is 1. The molecule has 0 bridgehead atoms. The Labute approximate surface area is 139 Å². The fourth-order valence-corrected chi connectivity index (χ4v) is 1.00. The van der Waals surface area contributed by atoms with E-state index in [9.17, 15) is 14.7 Å². The molecule has 0 aromatic heterocycles. The molecule has 0 heterocycles. The van der Waals surface area contributed by atoms with Gasteiger partial charge in [-0.15, -0.1) is 0 Å². The standard InChI is InChI=1S/C10H19NO4.K/c1-2-3-4-7-15-9(12)6-5-8(11)10(13)14;/h8H,2-7,11H2,1H3,(H,13,14);/q;+1/p-1/t8-;/m0./s1. The van der Waals surface area contributed by atoms with E-state index >= 15 is 0 Å². The third-order valence-corrected chi connectivity index (χ3v) is 1.97. The molecule has 0 unspecified atom stereocenters. The molecule has 1 atom stereocenters. The molecule has 0 aliphatic carbocycles. The van der Waals surface area contributed by atoms with Crippen LogP contribution < -0.4 is 62.2 Å². The number of aliphatic carboxylic acids is 1. The summed E-state index contributed by atoms with van der Waals surface area (Å²) in [5, 5.41) is 10.2. The number of carbonyl (C=O) groups is 2. The smallest absolute Gasteiger partial charge is 0.548 e. The van der Waals surface area contributed by atoms with Gasteiger partial charge in [0.2, 0.25) is 0 Å². The zero-order chi connectivity index (χ0) is 11.7. The van der Waals surface area contributed by atoms with Gasteiger partial charge in [0.15, 0.2) is 0 Å². The maximum Gasteiger partial charge on any atom is 1.00 e. The molecule has 0 rings (SSSR count).